The summed E-state index contributed by atoms with van der Waals surface area (Å²) in [5.74, 6) is 5.13. The minimum Gasteiger partial charge on any atom is -0.454 e. The lowest BCUT2D eigenvalue weighted by Crippen LogP contribution is -2.22. The van der Waals surface area contributed by atoms with Crippen LogP contribution in [0.3, 0.4) is 0 Å². The van der Waals surface area contributed by atoms with Crippen LogP contribution in [0.15, 0.2) is 16.6 Å². The van der Waals surface area contributed by atoms with Gasteiger partial charge in [-0.1, -0.05) is 0 Å². The molecule has 0 amide bonds. The molecule has 3 rings (SSSR count). The SMILES string of the molecule is Brc1cc(CNCC2CCSC2)cc2c1OCO2. The van der Waals surface area contributed by atoms with Crippen LogP contribution in [0.5, 0.6) is 11.5 Å². The summed E-state index contributed by atoms with van der Waals surface area (Å²) in [6.07, 6.45) is 1.35. The summed E-state index contributed by atoms with van der Waals surface area (Å²) in [6.45, 7) is 2.32. The summed E-state index contributed by atoms with van der Waals surface area (Å²) in [6, 6.07) is 4.16. The summed E-state index contributed by atoms with van der Waals surface area (Å²) >= 11 is 5.58. The number of benzene rings is 1. The van der Waals surface area contributed by atoms with Gasteiger partial charge in [0.25, 0.3) is 0 Å². The fourth-order valence-corrected chi connectivity index (χ4v) is 4.18. The van der Waals surface area contributed by atoms with Gasteiger partial charge >= 0.3 is 0 Å². The summed E-state index contributed by atoms with van der Waals surface area (Å²) in [5, 5.41) is 3.53. The third-order valence-corrected chi connectivity index (χ3v) is 5.09. The molecule has 0 aliphatic carbocycles. The van der Waals surface area contributed by atoms with Crippen LogP contribution < -0.4 is 14.8 Å². The molecule has 1 aromatic rings. The Balaban J connectivity index is 1.57. The largest absolute Gasteiger partial charge is 0.454 e. The first-order valence-corrected chi connectivity index (χ1v) is 8.14. The van der Waals surface area contributed by atoms with Gasteiger partial charge in [-0.2, -0.15) is 11.8 Å². The molecule has 5 heteroatoms. The van der Waals surface area contributed by atoms with Crippen molar-refractivity contribution < 1.29 is 9.47 Å². The Kier molecular flexibility index (Phi) is 4.01. The van der Waals surface area contributed by atoms with Gasteiger partial charge in [0.15, 0.2) is 11.5 Å². The van der Waals surface area contributed by atoms with E-state index in [2.05, 4.69) is 45.1 Å². The van der Waals surface area contributed by atoms with Crippen molar-refractivity contribution in [3.05, 3.63) is 22.2 Å². The first-order chi connectivity index (χ1) is 8.83. The third kappa shape index (κ3) is 2.78. The van der Waals surface area contributed by atoms with Crippen LogP contribution in [0.4, 0.5) is 0 Å². The predicted octanol–water partition coefficient (Wildman–Crippen LogP) is 3.02. The molecule has 1 unspecified atom stereocenters. The van der Waals surface area contributed by atoms with Crippen molar-refractivity contribution in [1.82, 2.24) is 5.32 Å². The van der Waals surface area contributed by atoms with Gasteiger partial charge in [0.05, 0.1) is 4.47 Å². The normalized spacial score (nSPS) is 21.5. The maximum Gasteiger partial charge on any atom is 0.231 e. The van der Waals surface area contributed by atoms with Gasteiger partial charge in [-0.05, 0) is 64.0 Å². The van der Waals surface area contributed by atoms with E-state index in [0.29, 0.717) is 6.79 Å². The van der Waals surface area contributed by atoms with Gasteiger partial charge in [-0.15, -0.1) is 0 Å². The number of thioether (sulfide) groups is 1. The zero-order valence-electron chi connectivity index (χ0n) is 10.1. The number of ether oxygens (including phenoxy) is 2. The molecule has 98 valence electrons. The quantitative estimate of drug-likeness (QED) is 0.919. The van der Waals surface area contributed by atoms with E-state index in [9.17, 15) is 0 Å². The first-order valence-electron chi connectivity index (χ1n) is 6.19. The molecule has 0 saturated carbocycles. The van der Waals surface area contributed by atoms with Crippen LogP contribution in [0.2, 0.25) is 0 Å². The van der Waals surface area contributed by atoms with E-state index >= 15 is 0 Å². The Morgan fingerprint density at radius 2 is 2.33 bits per heavy atom. The highest BCUT2D eigenvalue weighted by atomic mass is 79.9. The zero-order chi connectivity index (χ0) is 12.4. The van der Waals surface area contributed by atoms with Crippen LogP contribution in [-0.2, 0) is 6.54 Å². The molecule has 0 aromatic heterocycles. The van der Waals surface area contributed by atoms with Gasteiger partial charge < -0.3 is 14.8 Å². The molecule has 0 spiro atoms. The average Bonchev–Trinajstić information content (AvgIpc) is 2.99. The van der Waals surface area contributed by atoms with Crippen molar-refractivity contribution in [1.29, 1.82) is 0 Å². The molecule has 2 aliphatic rings. The number of hydrogen-bond acceptors (Lipinski definition) is 4. The molecule has 2 heterocycles. The summed E-state index contributed by atoms with van der Waals surface area (Å²) < 4.78 is 11.8. The summed E-state index contributed by atoms with van der Waals surface area (Å²) in [4.78, 5) is 0. The number of fused-ring (bicyclic) bond motifs is 1. The Morgan fingerprint density at radius 3 is 3.17 bits per heavy atom. The molecule has 18 heavy (non-hydrogen) atoms. The maximum atomic E-state index is 5.42. The number of hydrogen-bond donors (Lipinski definition) is 1. The second-order valence-electron chi connectivity index (χ2n) is 4.67. The lowest BCUT2D eigenvalue weighted by Gasteiger charge is -2.10. The van der Waals surface area contributed by atoms with Crippen LogP contribution in [0.25, 0.3) is 0 Å². The Morgan fingerprint density at radius 1 is 1.39 bits per heavy atom. The highest BCUT2D eigenvalue weighted by Gasteiger charge is 2.18. The fourth-order valence-electron chi connectivity index (χ4n) is 2.29. The van der Waals surface area contributed by atoms with E-state index in [1.165, 1.54) is 23.5 Å². The lowest BCUT2D eigenvalue weighted by molar-refractivity contribution is 0.173. The molecule has 1 fully saturated rings. The molecule has 3 nitrogen and oxygen atoms in total. The van der Waals surface area contributed by atoms with Gasteiger partial charge in [0.1, 0.15) is 0 Å². The Bertz CT molecular complexity index is 435. The van der Waals surface area contributed by atoms with Crippen LogP contribution in [0, 0.1) is 5.92 Å². The van der Waals surface area contributed by atoms with Crippen molar-refractivity contribution in [2.24, 2.45) is 5.92 Å². The Labute approximate surface area is 120 Å². The molecule has 1 atom stereocenters. The molecule has 2 aliphatic heterocycles. The van der Waals surface area contributed by atoms with E-state index in [1.54, 1.807) is 0 Å². The van der Waals surface area contributed by atoms with E-state index in [1.807, 2.05) is 0 Å². The first kappa shape index (κ1) is 12.6. The smallest absolute Gasteiger partial charge is 0.231 e. The second kappa shape index (κ2) is 5.72. The highest BCUT2D eigenvalue weighted by Crippen LogP contribution is 2.39. The average molecular weight is 330 g/mol. The monoisotopic (exact) mass is 329 g/mol. The number of nitrogens with one attached hydrogen (secondary N) is 1. The fraction of sp³-hybridized carbons (Fsp3) is 0.538. The van der Waals surface area contributed by atoms with E-state index in [0.717, 1.165) is 35.0 Å². The molecule has 0 radical (unpaired) electrons. The zero-order valence-corrected chi connectivity index (χ0v) is 12.5. The summed E-state index contributed by atoms with van der Waals surface area (Å²) in [5.41, 5.74) is 1.23. The minimum atomic E-state index is 0.324. The van der Waals surface area contributed by atoms with Crippen molar-refractivity contribution in [3.63, 3.8) is 0 Å². The van der Waals surface area contributed by atoms with Gasteiger partial charge in [-0.25, -0.2) is 0 Å². The lowest BCUT2D eigenvalue weighted by atomic mass is 10.1. The van der Waals surface area contributed by atoms with Crippen molar-refractivity contribution in [3.8, 4) is 11.5 Å². The molecular formula is C13H16BrNO2S. The van der Waals surface area contributed by atoms with E-state index in [4.69, 9.17) is 9.47 Å². The third-order valence-electron chi connectivity index (χ3n) is 3.27. The highest BCUT2D eigenvalue weighted by molar-refractivity contribution is 9.10. The van der Waals surface area contributed by atoms with E-state index < -0.39 is 0 Å². The van der Waals surface area contributed by atoms with Gasteiger partial charge in [0, 0.05) is 6.54 Å². The van der Waals surface area contributed by atoms with Crippen LogP contribution in [-0.4, -0.2) is 24.8 Å². The van der Waals surface area contributed by atoms with Crippen LogP contribution >= 0.6 is 27.7 Å². The van der Waals surface area contributed by atoms with Crippen molar-refractivity contribution >= 4 is 27.7 Å². The molecule has 1 saturated heterocycles. The minimum absolute atomic E-state index is 0.324. The van der Waals surface area contributed by atoms with Crippen LogP contribution in [0.1, 0.15) is 12.0 Å². The standard InChI is InChI=1S/C13H16BrNO2S/c14-11-3-10(4-12-13(11)17-8-16-12)6-15-5-9-1-2-18-7-9/h3-4,9,15H,1-2,5-8H2. The molecule has 1 N–H and O–H groups in total. The van der Waals surface area contributed by atoms with E-state index in [-0.39, 0.29) is 0 Å². The molecule has 0 bridgehead atoms. The second-order valence-corrected chi connectivity index (χ2v) is 6.68. The Hall–Kier alpha value is -0.390. The number of halogens is 1. The van der Waals surface area contributed by atoms with Crippen molar-refractivity contribution in [2.75, 3.05) is 24.8 Å². The van der Waals surface area contributed by atoms with Gasteiger partial charge in [-0.3, -0.25) is 0 Å². The topological polar surface area (TPSA) is 30.5 Å². The summed E-state index contributed by atoms with van der Waals surface area (Å²) in [7, 11) is 0. The van der Waals surface area contributed by atoms with Gasteiger partial charge in [0.2, 0.25) is 6.79 Å². The molecular weight excluding hydrogens is 314 g/mol. The maximum absolute atomic E-state index is 5.42. The van der Waals surface area contributed by atoms with Crippen molar-refractivity contribution in [2.45, 2.75) is 13.0 Å². The predicted molar refractivity (Wildman–Crippen MR) is 77.4 cm³/mol. The molecule has 1 aromatic carbocycles. The number of rotatable bonds is 4.